The number of aromatic nitrogens is 3. The van der Waals surface area contributed by atoms with Crippen molar-refractivity contribution in [3.63, 3.8) is 0 Å². The molecule has 8 heteroatoms. The molecule has 2 aromatic heterocycles. The van der Waals surface area contributed by atoms with Crippen LogP contribution >= 0.6 is 35.0 Å². The highest BCUT2D eigenvalue weighted by atomic mass is 35.5. The van der Waals surface area contributed by atoms with Crippen molar-refractivity contribution >= 4 is 45.9 Å². The van der Waals surface area contributed by atoms with Crippen molar-refractivity contribution in [1.82, 2.24) is 14.5 Å². The highest BCUT2D eigenvalue weighted by Crippen LogP contribution is 2.34. The number of hydrogen-bond donors (Lipinski definition) is 1. The summed E-state index contributed by atoms with van der Waals surface area (Å²) in [6.45, 7) is 0. The van der Waals surface area contributed by atoms with Crippen LogP contribution in [0.2, 0.25) is 10.0 Å². The third-order valence-electron chi connectivity index (χ3n) is 5.48. The van der Waals surface area contributed by atoms with Crippen LogP contribution in [0.15, 0.2) is 40.5 Å². The average molecular weight is 450 g/mol. The molecule has 152 valence electrons. The predicted molar refractivity (Wildman–Crippen MR) is 118 cm³/mol. The van der Waals surface area contributed by atoms with E-state index in [9.17, 15) is 9.90 Å². The zero-order chi connectivity index (χ0) is 20.5. The Hall–Kier alpha value is -1.60. The van der Waals surface area contributed by atoms with Crippen LogP contribution < -0.4 is 5.56 Å². The molecule has 1 N–H and O–H groups in total. The fourth-order valence-electron chi connectivity index (χ4n) is 3.91. The first-order valence-electron chi connectivity index (χ1n) is 9.54. The van der Waals surface area contributed by atoms with Crippen LogP contribution in [0.5, 0.6) is 0 Å². The van der Waals surface area contributed by atoms with Gasteiger partial charge in [0.15, 0.2) is 0 Å². The Labute approximate surface area is 183 Å². The Morgan fingerprint density at radius 3 is 2.69 bits per heavy atom. The second kappa shape index (κ2) is 8.64. The van der Waals surface area contributed by atoms with Crippen LogP contribution in [-0.4, -0.2) is 32.0 Å². The fraction of sp³-hybridized carbons (Fsp3) is 0.381. The summed E-state index contributed by atoms with van der Waals surface area (Å²) in [5.41, 5.74) is 1.93. The van der Waals surface area contributed by atoms with Gasteiger partial charge in [0.05, 0.1) is 44.4 Å². The summed E-state index contributed by atoms with van der Waals surface area (Å²) in [6, 6.07) is 5.46. The number of rotatable bonds is 4. The van der Waals surface area contributed by atoms with E-state index in [0.717, 1.165) is 35.4 Å². The molecule has 1 aromatic carbocycles. The predicted octanol–water partition coefficient (Wildman–Crippen LogP) is 4.89. The molecule has 1 fully saturated rings. The van der Waals surface area contributed by atoms with Crippen LogP contribution in [0, 0.1) is 0 Å². The van der Waals surface area contributed by atoms with Gasteiger partial charge in [0.2, 0.25) is 0 Å². The minimum Gasteiger partial charge on any atom is -0.391 e. The molecule has 2 atom stereocenters. The molecule has 0 radical (unpaired) electrons. The Balaban J connectivity index is 1.78. The van der Waals surface area contributed by atoms with E-state index in [-0.39, 0.29) is 16.6 Å². The highest BCUT2D eigenvalue weighted by molar-refractivity contribution is 7.98. The maximum absolute atomic E-state index is 13.2. The zero-order valence-corrected chi connectivity index (χ0v) is 18.3. The summed E-state index contributed by atoms with van der Waals surface area (Å²) in [7, 11) is 0. The van der Waals surface area contributed by atoms with Gasteiger partial charge in [-0.2, -0.15) is 0 Å². The van der Waals surface area contributed by atoms with Gasteiger partial charge in [-0.25, -0.2) is 9.97 Å². The lowest BCUT2D eigenvalue weighted by atomic mass is 9.92. The summed E-state index contributed by atoms with van der Waals surface area (Å²) in [5.74, 6) is 0. The smallest absolute Gasteiger partial charge is 0.261 e. The molecule has 29 heavy (non-hydrogen) atoms. The van der Waals surface area contributed by atoms with Crippen molar-refractivity contribution < 1.29 is 5.11 Å². The van der Waals surface area contributed by atoms with Crippen molar-refractivity contribution in [2.75, 3.05) is 6.26 Å². The summed E-state index contributed by atoms with van der Waals surface area (Å²) < 4.78 is 1.55. The third kappa shape index (κ3) is 4.04. The molecule has 0 amide bonds. The van der Waals surface area contributed by atoms with E-state index in [1.807, 2.05) is 18.4 Å². The van der Waals surface area contributed by atoms with Crippen LogP contribution in [-0.2, 0) is 6.42 Å². The minimum absolute atomic E-state index is 0.198. The summed E-state index contributed by atoms with van der Waals surface area (Å²) >= 11 is 14.5. The molecule has 0 spiro atoms. The number of halogens is 2. The first-order valence-corrected chi connectivity index (χ1v) is 11.5. The Kier molecular flexibility index (Phi) is 6.16. The molecule has 0 unspecified atom stereocenters. The molecular weight excluding hydrogens is 429 g/mol. The highest BCUT2D eigenvalue weighted by Gasteiger charge is 2.26. The maximum atomic E-state index is 13.2. The molecule has 4 rings (SSSR count). The first kappa shape index (κ1) is 20.7. The Morgan fingerprint density at radius 1 is 1.21 bits per heavy atom. The van der Waals surface area contributed by atoms with Gasteiger partial charge in [-0.05, 0) is 42.4 Å². The number of benzene rings is 1. The van der Waals surface area contributed by atoms with Gasteiger partial charge < -0.3 is 5.11 Å². The molecular formula is C21H21Cl2N3O2S. The van der Waals surface area contributed by atoms with E-state index in [4.69, 9.17) is 23.2 Å². The molecule has 2 heterocycles. The lowest BCUT2D eigenvalue weighted by molar-refractivity contribution is 0.0735. The normalized spacial score (nSPS) is 19.6. The lowest BCUT2D eigenvalue weighted by Gasteiger charge is -2.29. The van der Waals surface area contributed by atoms with Gasteiger partial charge in [0.25, 0.3) is 5.56 Å². The van der Waals surface area contributed by atoms with Crippen LogP contribution in [0.25, 0.3) is 10.9 Å². The van der Waals surface area contributed by atoms with Gasteiger partial charge >= 0.3 is 0 Å². The maximum Gasteiger partial charge on any atom is 0.261 e. The Morgan fingerprint density at radius 2 is 2.00 bits per heavy atom. The molecule has 0 saturated heterocycles. The molecule has 0 aliphatic heterocycles. The standard InChI is InChI=1S/C21H21Cl2N3O2S/c1-29-17-7-6-12(10-24-17)8-13-9-14-20(19(23)18(13)22)25-11-26(21(14)28)15-4-2-3-5-16(15)27/h6-7,9-11,15-16,27H,2-5,8H2,1H3/t15-,16-/m0/s1. The van der Waals surface area contributed by atoms with Gasteiger partial charge in [0.1, 0.15) is 0 Å². The summed E-state index contributed by atoms with van der Waals surface area (Å²) in [6.07, 6.45) is 8.65. The number of hydrogen-bond acceptors (Lipinski definition) is 5. The molecule has 1 saturated carbocycles. The molecule has 0 bridgehead atoms. The van der Waals surface area contributed by atoms with Crippen molar-refractivity contribution in [2.45, 2.75) is 49.3 Å². The fourth-order valence-corrected chi connectivity index (χ4v) is 4.75. The quantitative estimate of drug-likeness (QED) is 0.574. The van der Waals surface area contributed by atoms with Crippen molar-refractivity contribution in [2.24, 2.45) is 0 Å². The molecule has 5 nitrogen and oxygen atoms in total. The van der Waals surface area contributed by atoms with Crippen molar-refractivity contribution in [3.05, 3.63) is 62.2 Å². The zero-order valence-electron chi connectivity index (χ0n) is 15.9. The number of nitrogens with zero attached hydrogens (tertiary/aromatic N) is 3. The van der Waals surface area contributed by atoms with Gasteiger partial charge in [-0.1, -0.05) is 42.1 Å². The van der Waals surface area contributed by atoms with Gasteiger partial charge in [-0.15, -0.1) is 11.8 Å². The summed E-state index contributed by atoms with van der Waals surface area (Å²) in [4.78, 5) is 22.0. The lowest BCUT2D eigenvalue weighted by Crippen LogP contribution is -2.34. The average Bonchev–Trinajstić information content (AvgIpc) is 2.74. The molecule has 1 aliphatic carbocycles. The molecule has 1 aliphatic rings. The van der Waals surface area contributed by atoms with E-state index in [0.29, 0.717) is 28.8 Å². The van der Waals surface area contributed by atoms with Crippen LogP contribution in [0.4, 0.5) is 0 Å². The Bertz CT molecular complexity index is 1100. The van der Waals surface area contributed by atoms with E-state index in [2.05, 4.69) is 9.97 Å². The topological polar surface area (TPSA) is 68.0 Å². The second-order valence-corrected chi connectivity index (χ2v) is 8.90. The van der Waals surface area contributed by atoms with Crippen molar-refractivity contribution in [3.8, 4) is 0 Å². The van der Waals surface area contributed by atoms with E-state index >= 15 is 0 Å². The van der Waals surface area contributed by atoms with E-state index in [1.165, 1.54) is 6.33 Å². The number of pyridine rings is 1. The first-order chi connectivity index (χ1) is 14.0. The summed E-state index contributed by atoms with van der Waals surface area (Å²) in [5, 5.41) is 12.4. The van der Waals surface area contributed by atoms with E-state index < -0.39 is 6.10 Å². The SMILES string of the molecule is CSc1ccc(Cc2cc3c(=O)n([C@H]4CCCC[C@@H]4O)cnc3c(Cl)c2Cl)cn1. The number of thioether (sulfide) groups is 1. The number of aliphatic hydroxyl groups is 1. The van der Waals surface area contributed by atoms with Crippen LogP contribution in [0.1, 0.15) is 42.9 Å². The number of fused-ring (bicyclic) bond motifs is 1. The largest absolute Gasteiger partial charge is 0.391 e. The monoisotopic (exact) mass is 449 g/mol. The number of aliphatic hydroxyl groups excluding tert-OH is 1. The minimum atomic E-state index is -0.538. The van der Waals surface area contributed by atoms with Crippen LogP contribution in [0.3, 0.4) is 0 Å². The van der Waals surface area contributed by atoms with E-state index in [1.54, 1.807) is 28.6 Å². The second-order valence-electron chi connectivity index (χ2n) is 7.32. The van der Waals surface area contributed by atoms with Crippen molar-refractivity contribution in [1.29, 1.82) is 0 Å². The molecule has 3 aromatic rings. The third-order valence-corrected chi connectivity index (χ3v) is 7.04. The van der Waals surface area contributed by atoms with Gasteiger partial charge in [-0.3, -0.25) is 9.36 Å². The van der Waals surface area contributed by atoms with Gasteiger partial charge in [0, 0.05) is 12.6 Å².